The highest BCUT2D eigenvalue weighted by molar-refractivity contribution is 8.18. The van der Waals surface area contributed by atoms with Crippen molar-refractivity contribution in [3.05, 3.63) is 88.5 Å². The molecule has 0 radical (unpaired) electrons. The topological polar surface area (TPSA) is 116 Å². The smallest absolute Gasteiger partial charge is 0.290 e. The number of thioether (sulfide) groups is 1. The Morgan fingerprint density at radius 1 is 1.03 bits per heavy atom. The highest BCUT2D eigenvalue weighted by atomic mass is 32.2. The number of nitrogens with zero attached hydrogens (tertiary/aromatic N) is 3. The van der Waals surface area contributed by atoms with Crippen molar-refractivity contribution < 1.29 is 14.4 Å². The van der Waals surface area contributed by atoms with Crippen molar-refractivity contribution >= 4 is 46.7 Å². The molecule has 4 rings (SSSR count). The van der Waals surface area contributed by atoms with Crippen molar-refractivity contribution in [1.29, 1.82) is 0 Å². The highest BCUT2D eigenvalue weighted by Crippen LogP contribution is 2.26. The summed E-state index contributed by atoms with van der Waals surface area (Å²) in [6.45, 7) is 1.38. The molecule has 0 spiro atoms. The van der Waals surface area contributed by atoms with Gasteiger partial charge < -0.3 is 15.5 Å². The van der Waals surface area contributed by atoms with Crippen LogP contribution in [0.4, 0.5) is 16.6 Å². The Bertz CT molecular complexity index is 1250. The Kier molecular flexibility index (Phi) is 7.74. The van der Waals surface area contributed by atoms with Crippen molar-refractivity contribution in [2.24, 2.45) is 0 Å². The molecule has 1 fully saturated rings. The minimum absolute atomic E-state index is 0.163. The molecule has 3 amide bonds. The molecule has 1 aliphatic rings. The van der Waals surface area contributed by atoms with E-state index in [0.29, 0.717) is 42.7 Å². The average Bonchev–Trinajstić information content (AvgIpc) is 3.18. The van der Waals surface area contributed by atoms with Gasteiger partial charge in [0.1, 0.15) is 5.82 Å². The summed E-state index contributed by atoms with van der Waals surface area (Å²) in [4.78, 5) is 47.1. The van der Waals surface area contributed by atoms with Crippen molar-refractivity contribution in [3.8, 4) is 0 Å². The fourth-order valence-electron chi connectivity index (χ4n) is 3.34. The van der Waals surface area contributed by atoms with Crippen LogP contribution in [0, 0.1) is 0 Å². The zero-order chi connectivity index (χ0) is 24.6. The summed E-state index contributed by atoms with van der Waals surface area (Å²) in [6, 6.07) is 20.7. The van der Waals surface area contributed by atoms with Gasteiger partial charge in [0.15, 0.2) is 0 Å². The third kappa shape index (κ3) is 6.67. The number of hydrogen-bond donors (Lipinski definition) is 3. The van der Waals surface area contributed by atoms with Crippen molar-refractivity contribution in [2.45, 2.75) is 6.54 Å². The molecule has 1 saturated heterocycles. The maximum Gasteiger partial charge on any atom is 0.290 e. The van der Waals surface area contributed by atoms with E-state index in [9.17, 15) is 14.4 Å². The molecule has 2 aromatic carbocycles. The lowest BCUT2D eigenvalue weighted by molar-refractivity contribution is -0.115. The number of amides is 3. The molecule has 0 atom stereocenters. The van der Waals surface area contributed by atoms with Crippen LogP contribution < -0.4 is 20.9 Å². The summed E-state index contributed by atoms with van der Waals surface area (Å²) < 4.78 is 0. The molecule has 0 bridgehead atoms. The second-order valence-electron chi connectivity index (χ2n) is 7.72. The van der Waals surface area contributed by atoms with Gasteiger partial charge in [0, 0.05) is 38.3 Å². The van der Waals surface area contributed by atoms with Crippen LogP contribution in [0.25, 0.3) is 6.08 Å². The van der Waals surface area contributed by atoms with E-state index >= 15 is 0 Å². The average molecular weight is 489 g/mol. The third-order valence-corrected chi connectivity index (χ3v) is 5.85. The molecular formula is C25H24N6O3S. The van der Waals surface area contributed by atoms with Gasteiger partial charge in [-0.1, -0.05) is 48.5 Å². The van der Waals surface area contributed by atoms with Gasteiger partial charge in [0.25, 0.3) is 17.1 Å². The lowest BCUT2D eigenvalue weighted by atomic mass is 10.2. The predicted molar refractivity (Wildman–Crippen MR) is 137 cm³/mol. The molecule has 10 heteroatoms. The number of imide groups is 1. The Balaban J connectivity index is 1.48. The van der Waals surface area contributed by atoms with Gasteiger partial charge in [-0.15, -0.1) is 0 Å². The van der Waals surface area contributed by atoms with E-state index in [1.54, 1.807) is 24.3 Å². The Labute approximate surface area is 207 Å². The Hall–Kier alpha value is -4.18. The number of aromatic nitrogens is 2. The first-order valence-electron chi connectivity index (χ1n) is 10.9. The number of nitrogens with one attached hydrogen (secondary N) is 3. The SMILES string of the molecule is CN(Cc1ccccc1)c1cc(/C=C2/SC(=O)NC2=O)nc(NCCNC(=O)c2ccccc2)n1. The van der Waals surface area contributed by atoms with E-state index in [1.165, 1.54) is 0 Å². The van der Waals surface area contributed by atoms with Crippen LogP contribution in [-0.4, -0.2) is 47.2 Å². The van der Waals surface area contributed by atoms with Gasteiger partial charge in [-0.2, -0.15) is 4.98 Å². The molecule has 2 heterocycles. The van der Waals surface area contributed by atoms with E-state index < -0.39 is 11.1 Å². The van der Waals surface area contributed by atoms with Gasteiger partial charge in [-0.05, 0) is 35.5 Å². The van der Waals surface area contributed by atoms with E-state index in [4.69, 9.17) is 0 Å². The zero-order valence-electron chi connectivity index (χ0n) is 19.0. The molecule has 1 aromatic heterocycles. The molecule has 35 heavy (non-hydrogen) atoms. The molecule has 0 unspecified atom stereocenters. The minimum Gasteiger partial charge on any atom is -0.355 e. The second kappa shape index (κ2) is 11.3. The van der Waals surface area contributed by atoms with Crippen molar-refractivity contribution in [3.63, 3.8) is 0 Å². The Morgan fingerprint density at radius 3 is 2.43 bits per heavy atom. The summed E-state index contributed by atoms with van der Waals surface area (Å²) in [6.07, 6.45) is 1.56. The second-order valence-corrected chi connectivity index (χ2v) is 8.73. The van der Waals surface area contributed by atoms with Crippen LogP contribution in [0.1, 0.15) is 21.6 Å². The molecule has 178 valence electrons. The van der Waals surface area contributed by atoms with Gasteiger partial charge in [0.05, 0.1) is 10.6 Å². The lowest BCUT2D eigenvalue weighted by Gasteiger charge is -2.19. The van der Waals surface area contributed by atoms with E-state index in [2.05, 4.69) is 25.9 Å². The molecule has 3 aromatic rings. The predicted octanol–water partition coefficient (Wildman–Crippen LogP) is 3.28. The summed E-state index contributed by atoms with van der Waals surface area (Å²) in [7, 11) is 1.91. The number of carbonyl (C=O) groups excluding carboxylic acids is 3. The highest BCUT2D eigenvalue weighted by Gasteiger charge is 2.25. The largest absolute Gasteiger partial charge is 0.355 e. The first kappa shape index (κ1) is 24.0. The number of anilines is 2. The van der Waals surface area contributed by atoms with Gasteiger partial charge in [-0.25, -0.2) is 4.98 Å². The fourth-order valence-corrected chi connectivity index (χ4v) is 4.00. The standard InChI is InChI=1S/C25H24N6O3S/c1-31(16-17-8-4-2-5-9-17)21-15-19(14-20-23(33)30-25(34)35-20)28-24(29-21)27-13-12-26-22(32)18-10-6-3-7-11-18/h2-11,14-15H,12-13,16H2,1H3,(H,26,32)(H,27,28,29)(H,30,33,34)/b20-14+. The first-order valence-corrected chi connectivity index (χ1v) is 11.8. The quantitative estimate of drug-likeness (QED) is 0.310. The normalized spacial score (nSPS) is 14.0. The third-order valence-electron chi connectivity index (χ3n) is 5.04. The Morgan fingerprint density at radius 2 is 1.74 bits per heavy atom. The van der Waals surface area contributed by atoms with Gasteiger partial charge in [-0.3, -0.25) is 19.7 Å². The van der Waals surface area contributed by atoms with Crippen LogP contribution in [0.5, 0.6) is 0 Å². The maximum atomic E-state index is 12.2. The molecular weight excluding hydrogens is 464 g/mol. The van der Waals surface area contributed by atoms with Crippen molar-refractivity contribution in [2.75, 3.05) is 30.4 Å². The van der Waals surface area contributed by atoms with Crippen LogP contribution in [-0.2, 0) is 11.3 Å². The zero-order valence-corrected chi connectivity index (χ0v) is 19.8. The molecule has 0 saturated carbocycles. The van der Waals surface area contributed by atoms with E-state index in [-0.39, 0.29) is 10.8 Å². The lowest BCUT2D eigenvalue weighted by Crippen LogP contribution is -2.29. The number of carbonyl (C=O) groups is 3. The first-order chi connectivity index (χ1) is 17.0. The number of rotatable bonds is 9. The van der Waals surface area contributed by atoms with E-state index in [0.717, 1.165) is 17.3 Å². The summed E-state index contributed by atoms with van der Waals surface area (Å²) in [5, 5.41) is 7.81. The van der Waals surface area contributed by atoms with Crippen molar-refractivity contribution in [1.82, 2.24) is 20.6 Å². The molecule has 3 N–H and O–H groups in total. The van der Waals surface area contributed by atoms with Crippen LogP contribution in [0.3, 0.4) is 0 Å². The van der Waals surface area contributed by atoms with E-state index in [1.807, 2.05) is 60.5 Å². The maximum absolute atomic E-state index is 12.2. The molecule has 0 aliphatic carbocycles. The summed E-state index contributed by atoms with van der Waals surface area (Å²) in [5.74, 6) is 0.374. The number of benzene rings is 2. The van der Waals surface area contributed by atoms with Crippen LogP contribution >= 0.6 is 11.8 Å². The monoisotopic (exact) mass is 488 g/mol. The molecule has 1 aliphatic heterocycles. The van der Waals surface area contributed by atoms with Crippen LogP contribution in [0.2, 0.25) is 0 Å². The van der Waals surface area contributed by atoms with Gasteiger partial charge >= 0.3 is 0 Å². The molecule has 9 nitrogen and oxygen atoms in total. The fraction of sp³-hybridized carbons (Fsp3) is 0.160. The number of hydrogen-bond acceptors (Lipinski definition) is 8. The van der Waals surface area contributed by atoms with Crippen LogP contribution in [0.15, 0.2) is 71.6 Å². The van der Waals surface area contributed by atoms with Gasteiger partial charge in [0.2, 0.25) is 5.95 Å². The summed E-state index contributed by atoms with van der Waals surface area (Å²) in [5.41, 5.74) is 2.19. The minimum atomic E-state index is -0.448. The summed E-state index contributed by atoms with van der Waals surface area (Å²) >= 11 is 0.833.